The highest BCUT2D eigenvalue weighted by Crippen LogP contribution is 2.59. The monoisotopic (exact) mass is 430 g/mol. The van der Waals surface area contributed by atoms with Crippen molar-refractivity contribution in [3.63, 3.8) is 0 Å². The molecular weight excluding hydrogens is 396 g/mol. The first-order valence-corrected chi connectivity index (χ1v) is 13.1. The molecular formula is C23H34N4O2S. The maximum Gasteiger partial charge on any atom is 0.229 e. The highest BCUT2D eigenvalue weighted by Gasteiger charge is 2.51. The van der Waals surface area contributed by atoms with Crippen LogP contribution in [-0.2, 0) is 22.5 Å². The molecule has 0 unspecified atom stereocenters. The van der Waals surface area contributed by atoms with E-state index in [1.165, 1.54) is 70.5 Å². The molecule has 0 saturated heterocycles. The molecule has 1 N–H and O–H groups in total. The van der Waals surface area contributed by atoms with Gasteiger partial charge in [0, 0.05) is 18.0 Å². The Kier molecular flexibility index (Phi) is 5.68. The van der Waals surface area contributed by atoms with Crippen LogP contribution in [-0.4, -0.2) is 29.4 Å². The molecule has 0 radical (unpaired) electrons. The topological polar surface area (TPSA) is 76.9 Å². The van der Waals surface area contributed by atoms with Crippen LogP contribution in [0.1, 0.15) is 77.0 Å². The number of aromatic nitrogens is 3. The van der Waals surface area contributed by atoms with Crippen LogP contribution in [0.25, 0.3) is 11.4 Å². The van der Waals surface area contributed by atoms with Crippen molar-refractivity contribution in [2.24, 2.45) is 12.5 Å². The molecule has 0 aliphatic heterocycles. The third-order valence-electron chi connectivity index (χ3n) is 7.52. The zero-order valence-corrected chi connectivity index (χ0v) is 19.3. The van der Waals surface area contributed by atoms with Crippen molar-refractivity contribution >= 4 is 15.7 Å². The third kappa shape index (κ3) is 4.01. The molecule has 1 aromatic heterocycles. The van der Waals surface area contributed by atoms with E-state index in [1.54, 1.807) is 6.07 Å². The van der Waals surface area contributed by atoms with Gasteiger partial charge in [-0.05, 0) is 62.5 Å². The standard InChI is InChI=1S/C23H34N4O2S/c1-4-5-8-11-22-12-15-23(16-13-22,17-14-22)21-25-24-20(27(21)2)18-9-6-7-10-19(18)26-30(3,28)29/h6-7,9-10,26H,4-5,8,11-17H2,1-3H3. The van der Waals surface area contributed by atoms with E-state index in [0.717, 1.165) is 17.2 Å². The minimum absolute atomic E-state index is 0.117. The summed E-state index contributed by atoms with van der Waals surface area (Å²) in [6.45, 7) is 2.28. The quantitative estimate of drug-likeness (QED) is 0.596. The van der Waals surface area contributed by atoms with Crippen molar-refractivity contribution in [1.29, 1.82) is 0 Å². The van der Waals surface area contributed by atoms with Gasteiger partial charge in [0.15, 0.2) is 5.82 Å². The molecule has 3 fully saturated rings. The van der Waals surface area contributed by atoms with Crippen molar-refractivity contribution in [2.45, 2.75) is 76.5 Å². The number of sulfonamides is 1. The predicted octanol–water partition coefficient (Wildman–Crippen LogP) is 5.03. The van der Waals surface area contributed by atoms with Crippen LogP contribution in [0.4, 0.5) is 5.69 Å². The Morgan fingerprint density at radius 2 is 1.70 bits per heavy atom. The Balaban J connectivity index is 1.59. The first-order chi connectivity index (χ1) is 14.3. The molecule has 3 saturated carbocycles. The summed E-state index contributed by atoms with van der Waals surface area (Å²) >= 11 is 0. The number of anilines is 1. The fourth-order valence-electron chi connectivity index (χ4n) is 5.72. The van der Waals surface area contributed by atoms with Gasteiger partial charge < -0.3 is 4.57 Å². The number of hydrogen-bond acceptors (Lipinski definition) is 4. The van der Waals surface area contributed by atoms with E-state index in [2.05, 4.69) is 26.4 Å². The second-order valence-corrected chi connectivity index (χ2v) is 11.3. The lowest BCUT2D eigenvalue weighted by Gasteiger charge is -2.53. The molecule has 1 aromatic carbocycles. The van der Waals surface area contributed by atoms with E-state index in [9.17, 15) is 8.42 Å². The SMILES string of the molecule is CCCCCC12CCC(c3nnc(-c4ccccc4NS(C)(=O)=O)n3C)(CC1)CC2. The van der Waals surface area contributed by atoms with Crippen molar-refractivity contribution < 1.29 is 8.42 Å². The van der Waals surface area contributed by atoms with Gasteiger partial charge in [0.1, 0.15) is 5.82 Å². The molecule has 164 valence electrons. The number of nitrogens with one attached hydrogen (secondary N) is 1. The highest BCUT2D eigenvalue weighted by molar-refractivity contribution is 7.92. The van der Waals surface area contributed by atoms with Crippen LogP contribution >= 0.6 is 0 Å². The average Bonchev–Trinajstić information content (AvgIpc) is 3.11. The lowest BCUT2D eigenvalue weighted by atomic mass is 9.52. The van der Waals surface area contributed by atoms with Gasteiger partial charge in [0.05, 0.1) is 11.9 Å². The largest absolute Gasteiger partial charge is 0.314 e. The number of fused-ring (bicyclic) bond motifs is 3. The van der Waals surface area contributed by atoms with E-state index in [-0.39, 0.29) is 5.41 Å². The highest BCUT2D eigenvalue weighted by atomic mass is 32.2. The summed E-state index contributed by atoms with van der Waals surface area (Å²) in [4.78, 5) is 0. The molecule has 1 heterocycles. The lowest BCUT2D eigenvalue weighted by molar-refractivity contribution is 0.0250. The summed E-state index contributed by atoms with van der Waals surface area (Å²) in [5.41, 5.74) is 1.98. The Morgan fingerprint density at radius 1 is 1.03 bits per heavy atom. The molecule has 5 rings (SSSR count). The Bertz CT molecular complexity index is 987. The first-order valence-electron chi connectivity index (χ1n) is 11.2. The van der Waals surface area contributed by atoms with Gasteiger partial charge in [-0.2, -0.15) is 0 Å². The minimum Gasteiger partial charge on any atom is -0.314 e. The van der Waals surface area contributed by atoms with Gasteiger partial charge >= 0.3 is 0 Å². The van der Waals surface area contributed by atoms with Gasteiger partial charge in [-0.1, -0.05) is 38.3 Å². The molecule has 3 aliphatic carbocycles. The molecule has 7 heteroatoms. The normalized spacial score (nSPS) is 26.1. The summed E-state index contributed by atoms with van der Waals surface area (Å²) in [7, 11) is -1.35. The summed E-state index contributed by atoms with van der Waals surface area (Å²) in [6, 6.07) is 7.41. The molecule has 30 heavy (non-hydrogen) atoms. The van der Waals surface area contributed by atoms with Crippen LogP contribution in [0.3, 0.4) is 0 Å². The van der Waals surface area contributed by atoms with E-state index >= 15 is 0 Å². The molecule has 2 aromatic rings. The second-order valence-electron chi connectivity index (χ2n) is 9.56. The summed E-state index contributed by atoms with van der Waals surface area (Å²) in [6.07, 6.45) is 14.0. The fourth-order valence-corrected chi connectivity index (χ4v) is 6.29. The number of para-hydroxylation sites is 1. The average molecular weight is 431 g/mol. The summed E-state index contributed by atoms with van der Waals surface area (Å²) < 4.78 is 28.3. The maximum absolute atomic E-state index is 11.8. The summed E-state index contributed by atoms with van der Waals surface area (Å²) in [5.74, 6) is 1.78. The van der Waals surface area contributed by atoms with Gasteiger partial charge in [0.2, 0.25) is 10.0 Å². The molecule has 0 amide bonds. The van der Waals surface area contributed by atoms with E-state index < -0.39 is 10.0 Å². The van der Waals surface area contributed by atoms with E-state index in [0.29, 0.717) is 11.1 Å². The van der Waals surface area contributed by atoms with E-state index in [1.807, 2.05) is 25.2 Å². The van der Waals surface area contributed by atoms with Crippen molar-refractivity contribution in [1.82, 2.24) is 14.8 Å². The zero-order chi connectivity index (χ0) is 21.4. The van der Waals surface area contributed by atoms with Crippen LogP contribution in [0.15, 0.2) is 24.3 Å². The van der Waals surface area contributed by atoms with Gasteiger partial charge in [0.25, 0.3) is 0 Å². The molecule has 2 bridgehead atoms. The zero-order valence-electron chi connectivity index (χ0n) is 18.4. The molecule has 0 atom stereocenters. The third-order valence-corrected chi connectivity index (χ3v) is 8.12. The number of nitrogens with zero attached hydrogens (tertiary/aromatic N) is 3. The Morgan fingerprint density at radius 3 is 2.33 bits per heavy atom. The number of unbranched alkanes of at least 4 members (excludes halogenated alkanes) is 2. The van der Waals surface area contributed by atoms with Crippen LogP contribution < -0.4 is 4.72 Å². The van der Waals surface area contributed by atoms with Crippen molar-refractivity contribution in [2.75, 3.05) is 11.0 Å². The fraction of sp³-hybridized carbons (Fsp3) is 0.652. The number of rotatable bonds is 8. The summed E-state index contributed by atoms with van der Waals surface area (Å²) in [5, 5.41) is 9.17. The Labute approximate surface area is 180 Å². The van der Waals surface area contributed by atoms with Crippen LogP contribution in [0.5, 0.6) is 0 Å². The minimum atomic E-state index is -3.37. The van der Waals surface area contributed by atoms with Crippen molar-refractivity contribution in [3.8, 4) is 11.4 Å². The molecule has 3 aliphatic rings. The second kappa shape index (κ2) is 7.98. The maximum atomic E-state index is 11.8. The molecule has 0 spiro atoms. The van der Waals surface area contributed by atoms with Gasteiger partial charge in [-0.25, -0.2) is 8.42 Å². The number of hydrogen-bond donors (Lipinski definition) is 1. The lowest BCUT2D eigenvalue weighted by Crippen LogP contribution is -2.45. The molecule has 6 nitrogen and oxygen atoms in total. The van der Waals surface area contributed by atoms with Gasteiger partial charge in [-0.3, -0.25) is 4.72 Å². The smallest absolute Gasteiger partial charge is 0.229 e. The first kappa shape index (κ1) is 21.3. The predicted molar refractivity (Wildman–Crippen MR) is 121 cm³/mol. The van der Waals surface area contributed by atoms with Gasteiger partial charge in [-0.15, -0.1) is 10.2 Å². The van der Waals surface area contributed by atoms with Crippen LogP contribution in [0, 0.1) is 5.41 Å². The van der Waals surface area contributed by atoms with Crippen molar-refractivity contribution in [3.05, 3.63) is 30.1 Å². The van der Waals surface area contributed by atoms with Crippen LogP contribution in [0.2, 0.25) is 0 Å². The van der Waals surface area contributed by atoms with E-state index in [4.69, 9.17) is 0 Å². The Hall–Kier alpha value is -1.89. The number of benzene rings is 1.